The molecular weight excluding hydrogens is 330 g/mol. The lowest BCUT2D eigenvalue weighted by molar-refractivity contribution is -0.119. The van der Waals surface area contributed by atoms with E-state index in [-0.39, 0.29) is 18.0 Å². The number of benzene rings is 2. The van der Waals surface area contributed by atoms with Gasteiger partial charge in [-0.05, 0) is 31.2 Å². The molecule has 0 spiro atoms. The van der Waals surface area contributed by atoms with Crippen molar-refractivity contribution in [3.8, 4) is 5.69 Å². The number of aromatic amines is 1. The van der Waals surface area contributed by atoms with Crippen LogP contribution in [0.25, 0.3) is 5.69 Å². The Hall–Kier alpha value is -3.61. The van der Waals surface area contributed by atoms with Crippen LogP contribution in [0.3, 0.4) is 0 Å². The minimum atomic E-state index is -0.304. The van der Waals surface area contributed by atoms with Crippen LogP contribution in [0, 0.1) is 6.92 Å². The summed E-state index contributed by atoms with van der Waals surface area (Å²) >= 11 is 0. The highest BCUT2D eigenvalue weighted by molar-refractivity contribution is 5.84. The Morgan fingerprint density at radius 3 is 2.46 bits per heavy atom. The summed E-state index contributed by atoms with van der Waals surface area (Å²) in [5.41, 5.74) is 4.82. The van der Waals surface area contributed by atoms with Gasteiger partial charge >= 0.3 is 0 Å². The molecule has 0 aliphatic heterocycles. The van der Waals surface area contributed by atoms with E-state index < -0.39 is 0 Å². The molecule has 7 nitrogen and oxygen atoms in total. The molecule has 0 unspecified atom stereocenters. The Balaban J connectivity index is 1.63. The van der Waals surface area contributed by atoms with Crippen LogP contribution in [0.4, 0.5) is 5.69 Å². The van der Waals surface area contributed by atoms with Crippen molar-refractivity contribution in [1.29, 1.82) is 0 Å². The number of anilines is 1. The van der Waals surface area contributed by atoms with Crippen LogP contribution in [0.15, 0.2) is 70.6 Å². The van der Waals surface area contributed by atoms with Crippen LogP contribution in [0.1, 0.15) is 11.3 Å². The van der Waals surface area contributed by atoms with Gasteiger partial charge in [0.25, 0.3) is 11.5 Å². The zero-order valence-corrected chi connectivity index (χ0v) is 14.3. The van der Waals surface area contributed by atoms with Crippen LogP contribution in [-0.2, 0) is 4.79 Å². The maximum absolute atomic E-state index is 12.5. The number of aryl methyl sites for hydroxylation is 1. The fourth-order valence-corrected chi connectivity index (χ4v) is 2.42. The predicted molar refractivity (Wildman–Crippen MR) is 102 cm³/mol. The lowest BCUT2D eigenvalue weighted by Gasteiger charge is -2.04. The molecule has 0 atom stereocenters. The van der Waals surface area contributed by atoms with Gasteiger partial charge in [0.15, 0.2) is 0 Å². The second-order valence-corrected chi connectivity index (χ2v) is 5.64. The van der Waals surface area contributed by atoms with E-state index >= 15 is 0 Å². The first-order valence-electron chi connectivity index (χ1n) is 8.13. The molecule has 3 rings (SSSR count). The second-order valence-electron chi connectivity index (χ2n) is 5.64. The third-order valence-corrected chi connectivity index (χ3v) is 3.74. The Bertz CT molecular complexity index is 959. The smallest absolute Gasteiger partial charge is 0.280 e. The van der Waals surface area contributed by atoms with Gasteiger partial charge in [0.05, 0.1) is 24.0 Å². The Morgan fingerprint density at radius 1 is 1.12 bits per heavy atom. The zero-order chi connectivity index (χ0) is 18.4. The maximum atomic E-state index is 12.5. The molecule has 0 radical (unpaired) electrons. The van der Waals surface area contributed by atoms with Crippen molar-refractivity contribution >= 4 is 17.8 Å². The van der Waals surface area contributed by atoms with Gasteiger partial charge in [-0.15, -0.1) is 0 Å². The van der Waals surface area contributed by atoms with E-state index in [1.807, 2.05) is 60.7 Å². The van der Waals surface area contributed by atoms with Crippen LogP contribution in [0.5, 0.6) is 0 Å². The van der Waals surface area contributed by atoms with Crippen LogP contribution >= 0.6 is 0 Å². The molecule has 0 saturated carbocycles. The third kappa shape index (κ3) is 4.07. The molecule has 2 aromatic carbocycles. The van der Waals surface area contributed by atoms with Gasteiger partial charge in [-0.25, -0.2) is 10.1 Å². The van der Waals surface area contributed by atoms with Gasteiger partial charge in [-0.2, -0.15) is 5.10 Å². The molecule has 0 bridgehead atoms. The molecule has 3 N–H and O–H groups in total. The monoisotopic (exact) mass is 349 g/mol. The molecule has 132 valence electrons. The number of para-hydroxylation sites is 2. The topological polar surface area (TPSA) is 91.3 Å². The van der Waals surface area contributed by atoms with E-state index in [1.165, 1.54) is 10.9 Å². The summed E-state index contributed by atoms with van der Waals surface area (Å²) < 4.78 is 1.44. The number of rotatable bonds is 6. The molecule has 1 amide bonds. The fraction of sp³-hybridized carbons (Fsp3) is 0.105. The van der Waals surface area contributed by atoms with Crippen molar-refractivity contribution in [2.75, 3.05) is 11.9 Å². The van der Waals surface area contributed by atoms with Gasteiger partial charge in [-0.1, -0.05) is 36.4 Å². The minimum Gasteiger partial charge on any atom is -0.376 e. The first-order valence-corrected chi connectivity index (χ1v) is 8.13. The highest BCUT2D eigenvalue weighted by atomic mass is 16.2. The summed E-state index contributed by atoms with van der Waals surface area (Å²) in [5.74, 6) is -0.304. The zero-order valence-electron chi connectivity index (χ0n) is 14.3. The van der Waals surface area contributed by atoms with Gasteiger partial charge in [0.2, 0.25) is 0 Å². The van der Waals surface area contributed by atoms with Crippen molar-refractivity contribution in [3.63, 3.8) is 0 Å². The van der Waals surface area contributed by atoms with Gasteiger partial charge in [-0.3, -0.25) is 14.7 Å². The van der Waals surface area contributed by atoms with Crippen LogP contribution < -0.4 is 16.3 Å². The lowest BCUT2D eigenvalue weighted by Crippen LogP contribution is -2.26. The van der Waals surface area contributed by atoms with Crippen LogP contribution in [0.2, 0.25) is 0 Å². The molecule has 1 aromatic heterocycles. The Labute approximate surface area is 150 Å². The quantitative estimate of drug-likeness (QED) is 0.470. The molecule has 0 aliphatic rings. The van der Waals surface area contributed by atoms with E-state index in [0.717, 1.165) is 11.4 Å². The lowest BCUT2D eigenvalue weighted by atomic mass is 10.3. The number of nitrogens with one attached hydrogen (secondary N) is 3. The summed E-state index contributed by atoms with van der Waals surface area (Å²) in [7, 11) is 0. The average molecular weight is 349 g/mol. The van der Waals surface area contributed by atoms with E-state index in [4.69, 9.17) is 0 Å². The van der Waals surface area contributed by atoms with Crippen molar-refractivity contribution in [2.45, 2.75) is 6.92 Å². The van der Waals surface area contributed by atoms with Gasteiger partial charge < -0.3 is 5.32 Å². The molecular formula is C19H19N5O2. The second kappa shape index (κ2) is 7.98. The number of H-pyrrole nitrogens is 1. The molecule has 0 fully saturated rings. The fourth-order valence-electron chi connectivity index (χ4n) is 2.42. The number of hydrazone groups is 1. The van der Waals surface area contributed by atoms with Gasteiger partial charge in [0.1, 0.15) is 0 Å². The van der Waals surface area contributed by atoms with Crippen molar-refractivity contribution in [2.24, 2.45) is 5.10 Å². The minimum absolute atomic E-state index is 0.0850. The van der Waals surface area contributed by atoms with E-state index in [1.54, 1.807) is 6.92 Å². The normalized spacial score (nSPS) is 10.8. The molecule has 1 heterocycles. The number of carbonyl (C=O) groups is 1. The van der Waals surface area contributed by atoms with E-state index in [9.17, 15) is 9.59 Å². The average Bonchev–Trinajstić information content (AvgIpc) is 2.96. The summed E-state index contributed by atoms with van der Waals surface area (Å²) in [6.07, 6.45) is 1.36. The van der Waals surface area contributed by atoms with Crippen LogP contribution in [-0.4, -0.2) is 28.4 Å². The van der Waals surface area contributed by atoms with Crippen molar-refractivity contribution in [3.05, 3.63) is 82.3 Å². The summed E-state index contributed by atoms with van der Waals surface area (Å²) in [6, 6.07) is 18.6. The largest absolute Gasteiger partial charge is 0.376 e. The highest BCUT2D eigenvalue weighted by Crippen LogP contribution is 2.05. The third-order valence-electron chi connectivity index (χ3n) is 3.74. The Morgan fingerprint density at radius 2 is 1.77 bits per heavy atom. The predicted octanol–water partition coefficient (Wildman–Crippen LogP) is 2.04. The van der Waals surface area contributed by atoms with E-state index in [2.05, 4.69) is 20.9 Å². The SMILES string of the molecule is Cc1[nH]n(-c2ccccc2)c(=O)c1C=NNC(=O)CNc1ccccc1. The highest BCUT2D eigenvalue weighted by Gasteiger charge is 2.10. The standard InChI is InChI=1S/C19H19N5O2/c1-14-17(19(26)24(23-14)16-10-6-3-7-11-16)12-21-22-18(25)13-20-15-8-4-2-5-9-15/h2-12,20,23H,13H2,1H3,(H,22,25). The van der Waals surface area contributed by atoms with Crippen molar-refractivity contribution in [1.82, 2.24) is 15.2 Å². The Kier molecular flexibility index (Phi) is 5.28. The number of aromatic nitrogens is 2. The number of nitrogens with zero attached hydrogens (tertiary/aromatic N) is 2. The first-order chi connectivity index (χ1) is 12.6. The summed E-state index contributed by atoms with van der Waals surface area (Å²) in [5, 5.41) is 9.87. The number of amides is 1. The first kappa shape index (κ1) is 17.2. The molecule has 3 aromatic rings. The number of hydrogen-bond donors (Lipinski definition) is 3. The molecule has 7 heteroatoms. The maximum Gasteiger partial charge on any atom is 0.280 e. The molecule has 0 aliphatic carbocycles. The van der Waals surface area contributed by atoms with Crippen molar-refractivity contribution < 1.29 is 4.79 Å². The number of hydrogen-bond acceptors (Lipinski definition) is 4. The van der Waals surface area contributed by atoms with Gasteiger partial charge in [0, 0.05) is 11.4 Å². The summed E-state index contributed by atoms with van der Waals surface area (Å²) in [6.45, 7) is 1.86. The summed E-state index contributed by atoms with van der Waals surface area (Å²) in [4.78, 5) is 24.3. The number of carbonyl (C=O) groups excluding carboxylic acids is 1. The molecule has 26 heavy (non-hydrogen) atoms. The molecule has 0 saturated heterocycles. The van der Waals surface area contributed by atoms with E-state index in [0.29, 0.717) is 11.3 Å².